The number of nitrogens with one attached hydrogen (secondary N) is 1. The summed E-state index contributed by atoms with van der Waals surface area (Å²) in [5, 5.41) is 13.0. The van der Waals surface area contributed by atoms with Gasteiger partial charge in [0.1, 0.15) is 12.3 Å². The van der Waals surface area contributed by atoms with Gasteiger partial charge in [-0.05, 0) is 42.3 Å². The lowest BCUT2D eigenvalue weighted by Crippen LogP contribution is -2.10. The van der Waals surface area contributed by atoms with E-state index in [0.29, 0.717) is 11.4 Å². The van der Waals surface area contributed by atoms with Gasteiger partial charge in [-0.2, -0.15) is 0 Å². The second kappa shape index (κ2) is 7.81. The molecular formula is C19H19N2O5S-. The zero-order chi connectivity index (χ0) is 19.6. The minimum absolute atomic E-state index is 0.172. The number of para-hydroxylation sites is 1. The van der Waals surface area contributed by atoms with Gasteiger partial charge in [0.05, 0.1) is 13.0 Å². The highest BCUT2D eigenvalue weighted by atomic mass is 32.2. The quantitative estimate of drug-likeness (QED) is 0.604. The van der Waals surface area contributed by atoms with Crippen LogP contribution in [0.1, 0.15) is 5.69 Å². The van der Waals surface area contributed by atoms with Gasteiger partial charge in [-0.25, -0.2) is 0 Å². The van der Waals surface area contributed by atoms with Crippen LogP contribution in [0.15, 0.2) is 42.5 Å². The molecule has 0 saturated carbocycles. The van der Waals surface area contributed by atoms with Gasteiger partial charge in [-0.15, -0.1) is 0 Å². The van der Waals surface area contributed by atoms with Crippen LogP contribution >= 0.6 is 0 Å². The van der Waals surface area contributed by atoms with Crippen molar-refractivity contribution < 1.29 is 23.4 Å². The predicted molar refractivity (Wildman–Crippen MR) is 104 cm³/mol. The van der Waals surface area contributed by atoms with Gasteiger partial charge in [-0.3, -0.25) is 9.00 Å². The van der Waals surface area contributed by atoms with Crippen LogP contribution in [0, 0.1) is 6.92 Å². The Kier molecular flexibility index (Phi) is 5.48. The molecule has 2 N–H and O–H groups in total. The number of ether oxygens (including phenoxy) is 1. The fourth-order valence-corrected chi connectivity index (χ4v) is 3.55. The average Bonchev–Trinajstić information content (AvgIpc) is 2.90. The summed E-state index contributed by atoms with van der Waals surface area (Å²) in [5.74, 6) is -0.468. The average molecular weight is 387 g/mol. The highest BCUT2D eigenvalue weighted by molar-refractivity contribution is 7.79. The van der Waals surface area contributed by atoms with Gasteiger partial charge in [0.2, 0.25) is 0 Å². The van der Waals surface area contributed by atoms with E-state index in [9.17, 15) is 18.7 Å². The first kappa shape index (κ1) is 18.9. The molecule has 3 aromatic rings. The second-order valence-electron chi connectivity index (χ2n) is 6.00. The van der Waals surface area contributed by atoms with Gasteiger partial charge in [0, 0.05) is 33.4 Å². The molecule has 27 heavy (non-hydrogen) atoms. The number of fused-ring (bicyclic) bond motifs is 1. The van der Waals surface area contributed by atoms with Crippen LogP contribution in [0.25, 0.3) is 22.0 Å². The van der Waals surface area contributed by atoms with Gasteiger partial charge < -0.3 is 24.3 Å². The number of carbonyl (C=O) groups is 1. The number of rotatable bonds is 7. The van der Waals surface area contributed by atoms with Gasteiger partial charge in [0.15, 0.2) is 0 Å². The zero-order valence-electron chi connectivity index (χ0n) is 14.9. The minimum Gasteiger partial charge on any atom is -0.771 e. The van der Waals surface area contributed by atoms with E-state index in [-0.39, 0.29) is 12.4 Å². The van der Waals surface area contributed by atoms with Crippen LogP contribution in [-0.2, 0) is 22.4 Å². The van der Waals surface area contributed by atoms with Crippen LogP contribution in [-0.4, -0.2) is 37.4 Å². The van der Waals surface area contributed by atoms with Crippen molar-refractivity contribution in [1.29, 1.82) is 0 Å². The number of aliphatic carboxylic acids is 1. The normalized spacial score (nSPS) is 12.1. The fourth-order valence-electron chi connectivity index (χ4n) is 3.26. The Morgan fingerprint density at radius 2 is 2.04 bits per heavy atom. The maximum atomic E-state index is 11.4. The molecule has 3 rings (SSSR count). The molecule has 0 aliphatic carbocycles. The van der Waals surface area contributed by atoms with E-state index in [0.717, 1.165) is 27.7 Å². The highest BCUT2D eigenvalue weighted by Crippen LogP contribution is 2.40. The smallest absolute Gasteiger partial charge is 0.323 e. The van der Waals surface area contributed by atoms with Crippen LogP contribution < -0.4 is 10.1 Å². The van der Waals surface area contributed by atoms with Crippen molar-refractivity contribution in [3.63, 3.8) is 0 Å². The number of hydrogen-bond acceptors (Lipinski definition) is 5. The summed E-state index contributed by atoms with van der Waals surface area (Å²) in [5.41, 5.74) is 3.88. The Bertz CT molecular complexity index is 1030. The van der Waals surface area contributed by atoms with Crippen molar-refractivity contribution in [2.75, 3.05) is 18.3 Å². The summed E-state index contributed by atoms with van der Waals surface area (Å²) >= 11 is -2.22. The summed E-state index contributed by atoms with van der Waals surface area (Å²) < 4.78 is 28.9. The summed E-state index contributed by atoms with van der Waals surface area (Å²) in [4.78, 5) is 11.4. The monoisotopic (exact) mass is 387 g/mol. The zero-order valence-corrected chi connectivity index (χ0v) is 15.7. The van der Waals surface area contributed by atoms with E-state index >= 15 is 0 Å². The number of methoxy groups -OCH3 is 1. The lowest BCUT2D eigenvalue weighted by Gasteiger charge is -2.10. The van der Waals surface area contributed by atoms with Crippen molar-refractivity contribution >= 4 is 33.6 Å². The van der Waals surface area contributed by atoms with Crippen molar-refractivity contribution in [3.8, 4) is 16.9 Å². The first-order chi connectivity index (χ1) is 12.9. The maximum absolute atomic E-state index is 11.4. The summed E-state index contributed by atoms with van der Waals surface area (Å²) in [7, 11) is 1.58. The van der Waals surface area contributed by atoms with Gasteiger partial charge in [0.25, 0.3) is 0 Å². The number of carboxylic acid groups (broad SMARTS) is 1. The van der Waals surface area contributed by atoms with Crippen molar-refractivity contribution in [2.45, 2.75) is 13.5 Å². The molecule has 0 spiro atoms. The number of anilines is 1. The molecule has 142 valence electrons. The third-order valence-electron chi connectivity index (χ3n) is 4.39. The Morgan fingerprint density at radius 3 is 2.70 bits per heavy atom. The number of benzene rings is 2. The van der Waals surface area contributed by atoms with Gasteiger partial charge in [-0.1, -0.05) is 18.2 Å². The van der Waals surface area contributed by atoms with E-state index in [2.05, 4.69) is 5.32 Å². The molecule has 2 aromatic carbocycles. The first-order valence-electron chi connectivity index (χ1n) is 8.20. The van der Waals surface area contributed by atoms with Crippen molar-refractivity contribution in [3.05, 3.63) is 48.2 Å². The van der Waals surface area contributed by atoms with Crippen LogP contribution in [0.2, 0.25) is 0 Å². The third kappa shape index (κ3) is 3.81. The lowest BCUT2D eigenvalue weighted by atomic mass is 10.0. The summed E-state index contributed by atoms with van der Waals surface area (Å²) in [6.07, 6.45) is 0. The molecule has 0 amide bonds. The molecule has 1 atom stereocenters. The van der Waals surface area contributed by atoms with Crippen molar-refractivity contribution in [2.24, 2.45) is 0 Å². The lowest BCUT2D eigenvalue weighted by molar-refractivity contribution is -0.137. The molecule has 0 saturated heterocycles. The molecule has 0 bridgehead atoms. The van der Waals surface area contributed by atoms with Crippen molar-refractivity contribution in [1.82, 2.24) is 4.57 Å². The standard InChI is InChI=1S/C19H20N2O5S/c1-12-19(14-5-3-4-6-17(14)26-2)15-9-13(20-11-27(24)25)7-8-16(15)21(12)10-18(22)23/h3-9,20H,10-11H2,1-2H3,(H,22,23)(H,24,25)/p-1. The van der Waals surface area contributed by atoms with Crippen LogP contribution in [0.3, 0.4) is 0 Å². The number of nitrogens with zero attached hydrogens (tertiary/aromatic N) is 1. The maximum Gasteiger partial charge on any atom is 0.323 e. The minimum atomic E-state index is -2.22. The molecule has 0 fully saturated rings. The molecule has 1 heterocycles. The van der Waals surface area contributed by atoms with Crippen LogP contribution in [0.4, 0.5) is 5.69 Å². The Balaban J connectivity index is 2.25. The number of carboxylic acids is 1. The molecule has 0 aliphatic rings. The molecule has 7 nitrogen and oxygen atoms in total. The second-order valence-corrected chi connectivity index (χ2v) is 6.89. The Labute approximate surface area is 158 Å². The summed E-state index contributed by atoms with van der Waals surface area (Å²) in [6.45, 7) is 1.69. The predicted octanol–water partition coefficient (Wildman–Crippen LogP) is 2.96. The number of hydrogen-bond donors (Lipinski definition) is 2. The van der Waals surface area contributed by atoms with E-state index in [4.69, 9.17) is 4.74 Å². The summed E-state index contributed by atoms with van der Waals surface area (Å²) in [6, 6.07) is 12.9. The van der Waals surface area contributed by atoms with Crippen LogP contribution in [0.5, 0.6) is 5.75 Å². The largest absolute Gasteiger partial charge is 0.771 e. The van der Waals surface area contributed by atoms with E-state index in [1.54, 1.807) is 23.8 Å². The highest BCUT2D eigenvalue weighted by Gasteiger charge is 2.19. The number of aromatic nitrogens is 1. The molecule has 1 aromatic heterocycles. The SMILES string of the molecule is COc1ccccc1-c1c(C)n(CC(=O)O)c2ccc(NCS(=O)[O-])cc12. The molecule has 0 radical (unpaired) electrons. The van der Waals surface area contributed by atoms with E-state index in [1.807, 2.05) is 37.3 Å². The first-order valence-corrected chi connectivity index (χ1v) is 9.44. The van der Waals surface area contributed by atoms with Gasteiger partial charge >= 0.3 is 5.97 Å². The third-order valence-corrected chi connectivity index (χ3v) is 4.77. The molecule has 8 heteroatoms. The molecule has 1 unspecified atom stereocenters. The topological polar surface area (TPSA) is 104 Å². The molecule has 0 aliphatic heterocycles. The Morgan fingerprint density at radius 1 is 1.30 bits per heavy atom. The fraction of sp³-hybridized carbons (Fsp3) is 0.211. The van der Waals surface area contributed by atoms with E-state index in [1.165, 1.54) is 0 Å². The van der Waals surface area contributed by atoms with E-state index < -0.39 is 17.0 Å². The molecular weight excluding hydrogens is 368 g/mol. The Hall–Kier alpha value is -2.84.